The average Bonchev–Trinajstić information content (AvgIpc) is 2.97. The van der Waals surface area contributed by atoms with Crippen molar-refractivity contribution < 1.29 is 19.1 Å². The van der Waals surface area contributed by atoms with E-state index in [2.05, 4.69) is 21.3 Å². The summed E-state index contributed by atoms with van der Waals surface area (Å²) in [5.74, 6) is 0.401. The lowest BCUT2D eigenvalue weighted by Gasteiger charge is -2.39. The first kappa shape index (κ1) is 28.8. The molecule has 40 heavy (non-hydrogen) atoms. The van der Waals surface area contributed by atoms with Crippen molar-refractivity contribution in [3.63, 3.8) is 0 Å². The van der Waals surface area contributed by atoms with Gasteiger partial charge in [0.15, 0.2) is 0 Å². The third kappa shape index (κ3) is 6.17. The third-order valence-electron chi connectivity index (χ3n) is 7.84. The van der Waals surface area contributed by atoms with Crippen molar-refractivity contribution in [3.05, 3.63) is 71.1 Å². The van der Waals surface area contributed by atoms with Crippen LogP contribution in [0.1, 0.15) is 42.9 Å². The lowest BCUT2D eigenvalue weighted by molar-refractivity contribution is -0.120. The number of ether oxygens (including phenoxy) is 1. The van der Waals surface area contributed by atoms with Gasteiger partial charge >= 0.3 is 0 Å². The lowest BCUT2D eigenvalue weighted by atomic mass is 9.92. The van der Waals surface area contributed by atoms with E-state index in [1.807, 2.05) is 69.1 Å². The molecule has 1 amide bonds. The number of hydrogen-bond acceptors (Lipinski definition) is 7. The molecule has 8 heteroatoms. The predicted molar refractivity (Wildman–Crippen MR) is 159 cm³/mol. The van der Waals surface area contributed by atoms with E-state index in [0.717, 1.165) is 83.3 Å². The average molecular weight is 543 g/mol. The number of aromatic nitrogens is 1. The number of benzene rings is 2. The van der Waals surface area contributed by atoms with Crippen LogP contribution in [0.3, 0.4) is 0 Å². The molecule has 1 aliphatic rings. The Balaban J connectivity index is 1.43. The van der Waals surface area contributed by atoms with Crippen LogP contribution in [-0.4, -0.2) is 55.2 Å². The molecule has 1 saturated heterocycles. The van der Waals surface area contributed by atoms with Gasteiger partial charge in [-0.25, -0.2) is 0 Å². The zero-order valence-electron chi connectivity index (χ0n) is 23.7. The largest absolute Gasteiger partial charge is 0.428 e. The molecule has 1 fully saturated rings. The minimum absolute atomic E-state index is 0.0573. The van der Waals surface area contributed by atoms with Gasteiger partial charge in [-0.15, -0.1) is 0 Å². The maximum Gasteiger partial charge on any atom is 0.298 e. The zero-order valence-corrected chi connectivity index (χ0v) is 23.7. The number of hydrogen-bond donors (Lipinski definition) is 1. The van der Waals surface area contributed by atoms with Crippen molar-refractivity contribution in [1.82, 2.24) is 9.88 Å². The van der Waals surface area contributed by atoms with Crippen LogP contribution in [0.25, 0.3) is 10.9 Å². The molecule has 8 nitrogen and oxygen atoms in total. The fraction of sp³-hybridized carbons (Fsp3) is 0.375. The molecule has 3 aromatic rings. The summed E-state index contributed by atoms with van der Waals surface area (Å²) in [6.45, 7) is 7.86. The molecule has 1 aliphatic heterocycles. The Labute approximate surface area is 236 Å². The minimum Gasteiger partial charge on any atom is -0.428 e. The number of amides is 1. The van der Waals surface area contributed by atoms with E-state index in [-0.39, 0.29) is 12.0 Å². The normalized spacial score (nSPS) is 15.0. The molecule has 1 atom stereocenters. The molecule has 2 heterocycles. The number of piperidine rings is 1. The van der Waals surface area contributed by atoms with Gasteiger partial charge in [0.1, 0.15) is 12.0 Å². The number of allylic oxidation sites excluding steroid dienone is 2. The van der Waals surface area contributed by atoms with Gasteiger partial charge in [-0.1, -0.05) is 36.4 Å². The number of rotatable bonds is 12. The molecule has 0 aliphatic carbocycles. The first-order chi connectivity index (χ1) is 19.4. The Hall–Kier alpha value is -4.20. The van der Waals surface area contributed by atoms with Gasteiger partial charge in [0.05, 0.1) is 23.1 Å². The summed E-state index contributed by atoms with van der Waals surface area (Å²) < 4.78 is 5.11. The highest BCUT2D eigenvalue weighted by atomic mass is 16.5. The van der Waals surface area contributed by atoms with Gasteiger partial charge < -0.3 is 24.6 Å². The van der Waals surface area contributed by atoms with E-state index in [0.29, 0.717) is 25.1 Å². The van der Waals surface area contributed by atoms with Gasteiger partial charge in [0, 0.05) is 43.2 Å². The number of fused-ring (bicyclic) bond motifs is 1. The van der Waals surface area contributed by atoms with Crippen LogP contribution in [0, 0.1) is 19.8 Å². The minimum atomic E-state index is -0.172. The summed E-state index contributed by atoms with van der Waals surface area (Å²) in [4.78, 5) is 44.0. The van der Waals surface area contributed by atoms with Gasteiger partial charge in [-0.05, 0) is 69.2 Å². The maximum atomic E-state index is 12.3. The van der Waals surface area contributed by atoms with Crippen LogP contribution in [0.4, 0.5) is 11.4 Å². The molecule has 0 bridgehead atoms. The van der Waals surface area contributed by atoms with E-state index in [9.17, 15) is 14.4 Å². The monoisotopic (exact) mass is 542 g/mol. The number of carbonyl (C=O) groups excluding carboxylic acids is 3. The van der Waals surface area contributed by atoms with Crippen molar-refractivity contribution in [1.29, 1.82) is 0 Å². The summed E-state index contributed by atoms with van der Waals surface area (Å²) in [6.07, 6.45) is 8.72. The Morgan fingerprint density at radius 2 is 1.85 bits per heavy atom. The highest BCUT2D eigenvalue weighted by Crippen LogP contribution is 2.35. The number of aldehydes is 1. The topological polar surface area (TPSA) is 91.8 Å². The zero-order chi connectivity index (χ0) is 28.6. The summed E-state index contributed by atoms with van der Waals surface area (Å²) >= 11 is 0. The van der Waals surface area contributed by atoms with Crippen molar-refractivity contribution in [3.8, 4) is 5.75 Å². The SMILES string of the molecule is CC=C(C[C@@H](C=O)Cc1cc(C)c(OC=O)c(C)c1)N1CCC(N(C=O)c2cnc3ccccc3c2NC)CC1. The molecule has 1 aromatic heterocycles. The molecule has 0 unspecified atom stereocenters. The van der Waals surface area contributed by atoms with E-state index in [1.165, 1.54) is 0 Å². The van der Waals surface area contributed by atoms with Crippen molar-refractivity contribution >= 4 is 41.4 Å². The Morgan fingerprint density at radius 1 is 1.15 bits per heavy atom. The molecule has 4 rings (SSSR count). The fourth-order valence-electron chi connectivity index (χ4n) is 5.92. The number of nitrogens with one attached hydrogen (secondary N) is 1. The molecule has 0 radical (unpaired) electrons. The van der Waals surface area contributed by atoms with Gasteiger partial charge in [0.25, 0.3) is 6.47 Å². The quantitative estimate of drug-likeness (QED) is 0.314. The summed E-state index contributed by atoms with van der Waals surface area (Å²) in [5.41, 5.74) is 6.52. The van der Waals surface area contributed by atoms with Crippen molar-refractivity contribution in [2.75, 3.05) is 30.4 Å². The molecule has 210 valence electrons. The van der Waals surface area contributed by atoms with Gasteiger partial charge in [0.2, 0.25) is 6.41 Å². The highest BCUT2D eigenvalue weighted by molar-refractivity contribution is 6.00. The summed E-state index contributed by atoms with van der Waals surface area (Å²) in [5, 5.41) is 4.26. The number of para-hydroxylation sites is 1. The third-order valence-corrected chi connectivity index (χ3v) is 7.84. The fourth-order valence-corrected chi connectivity index (χ4v) is 5.92. The molecular weight excluding hydrogens is 504 g/mol. The number of aryl methyl sites for hydroxylation is 2. The van der Waals surface area contributed by atoms with E-state index in [4.69, 9.17) is 4.74 Å². The van der Waals surface area contributed by atoms with Crippen LogP contribution < -0.4 is 15.0 Å². The van der Waals surface area contributed by atoms with E-state index in [1.54, 1.807) is 6.20 Å². The Morgan fingerprint density at radius 3 is 2.45 bits per heavy atom. The number of anilines is 2. The van der Waals surface area contributed by atoms with Crippen LogP contribution in [0.5, 0.6) is 5.75 Å². The second kappa shape index (κ2) is 13.2. The molecular formula is C32H38N4O4. The maximum absolute atomic E-state index is 12.3. The Bertz CT molecular complexity index is 1370. The van der Waals surface area contributed by atoms with Crippen LogP contribution in [0.2, 0.25) is 0 Å². The number of nitrogens with zero attached hydrogens (tertiary/aromatic N) is 3. The number of pyridine rings is 1. The summed E-state index contributed by atoms with van der Waals surface area (Å²) in [6, 6.07) is 11.9. The van der Waals surface area contributed by atoms with Gasteiger partial charge in [-0.2, -0.15) is 0 Å². The van der Waals surface area contributed by atoms with Crippen LogP contribution in [-0.2, 0) is 20.8 Å². The molecule has 0 saturated carbocycles. The highest BCUT2D eigenvalue weighted by Gasteiger charge is 2.28. The van der Waals surface area contributed by atoms with Crippen molar-refractivity contribution in [2.24, 2.45) is 5.92 Å². The standard InChI is InChI=1S/C32H38N4O4/c1-5-26(17-25(19-37)16-24-14-22(2)32(40-21-39)23(3)15-24)35-12-10-27(11-13-35)36(20-38)30-18-34-29-9-7-6-8-28(29)31(30)33-4/h5-9,14-15,18-21,25,27H,10-13,16-17H2,1-4H3,(H,33,34)/t25-/m0/s1. The first-order valence-electron chi connectivity index (χ1n) is 13.8. The predicted octanol–water partition coefficient (Wildman–Crippen LogP) is 5.21. The Kier molecular flexibility index (Phi) is 9.53. The first-order valence-corrected chi connectivity index (χ1v) is 13.8. The molecule has 2 aromatic carbocycles. The smallest absolute Gasteiger partial charge is 0.298 e. The second-order valence-electron chi connectivity index (χ2n) is 10.4. The van der Waals surface area contributed by atoms with Crippen LogP contribution >= 0.6 is 0 Å². The van der Waals surface area contributed by atoms with Crippen molar-refractivity contribution in [2.45, 2.75) is 52.5 Å². The van der Waals surface area contributed by atoms with E-state index < -0.39 is 0 Å². The van der Waals surface area contributed by atoms with Crippen LogP contribution in [0.15, 0.2) is 54.4 Å². The second-order valence-corrected chi connectivity index (χ2v) is 10.4. The lowest BCUT2D eigenvalue weighted by Crippen LogP contribution is -2.44. The molecule has 0 spiro atoms. The number of likely N-dealkylation sites (tertiary alicyclic amines) is 1. The van der Waals surface area contributed by atoms with E-state index >= 15 is 0 Å². The summed E-state index contributed by atoms with van der Waals surface area (Å²) in [7, 11) is 1.87. The number of carbonyl (C=O) groups is 3. The molecule has 1 N–H and O–H groups in total. The van der Waals surface area contributed by atoms with Gasteiger partial charge in [-0.3, -0.25) is 14.6 Å².